The van der Waals surface area contributed by atoms with Gasteiger partial charge in [-0.3, -0.25) is 4.79 Å². The van der Waals surface area contributed by atoms with Crippen LogP contribution in [-0.2, 0) is 16.0 Å². The molecule has 4 aromatic rings. The Labute approximate surface area is 196 Å². The summed E-state index contributed by atoms with van der Waals surface area (Å²) in [6, 6.07) is 16.1. The molecule has 8 heteroatoms. The summed E-state index contributed by atoms with van der Waals surface area (Å²) in [5, 5.41) is 15.0. The lowest BCUT2D eigenvalue weighted by Gasteiger charge is -2.10. The molecule has 1 N–H and O–H groups in total. The predicted molar refractivity (Wildman–Crippen MR) is 127 cm³/mol. The first-order valence-electron chi connectivity index (χ1n) is 10.7. The van der Waals surface area contributed by atoms with Crippen LogP contribution in [0.25, 0.3) is 16.8 Å². The standard InChI is InChI=1S/C25H25N3O4S/c1-3-32-23(29)11-7-8-18-15-26-24-20(16-27-28(24)25(18)30)17-12-13-22(21(14-17)31-2)33-19-9-5-4-6-10-19/h4-6,9-10,12-16,30H,3,7-8,11H2,1-2H3. The number of aryl methyl sites for hydroxylation is 1. The monoisotopic (exact) mass is 463 g/mol. The summed E-state index contributed by atoms with van der Waals surface area (Å²) in [4.78, 5) is 18.2. The molecule has 0 atom stereocenters. The van der Waals surface area contributed by atoms with Crippen molar-refractivity contribution in [1.82, 2.24) is 14.6 Å². The van der Waals surface area contributed by atoms with Crippen molar-refractivity contribution >= 4 is 23.4 Å². The molecular formula is C25H25N3O4S. The highest BCUT2D eigenvalue weighted by atomic mass is 32.2. The Morgan fingerprint density at radius 1 is 1.15 bits per heavy atom. The number of benzene rings is 2. The fourth-order valence-corrected chi connectivity index (χ4v) is 4.45. The molecular weight excluding hydrogens is 438 g/mol. The topological polar surface area (TPSA) is 86.0 Å². The molecule has 0 aliphatic carbocycles. The second kappa shape index (κ2) is 10.4. The van der Waals surface area contributed by atoms with E-state index in [0.29, 0.717) is 37.1 Å². The van der Waals surface area contributed by atoms with Gasteiger partial charge in [0, 0.05) is 28.6 Å². The number of methoxy groups -OCH3 is 1. The minimum absolute atomic E-state index is 0.0262. The Morgan fingerprint density at radius 2 is 1.97 bits per heavy atom. The SMILES string of the molecule is CCOC(=O)CCCc1cnc2c(-c3ccc(Sc4ccccc4)c(OC)c3)cnn2c1O. The van der Waals surface area contributed by atoms with E-state index < -0.39 is 0 Å². The highest BCUT2D eigenvalue weighted by molar-refractivity contribution is 7.99. The summed E-state index contributed by atoms with van der Waals surface area (Å²) >= 11 is 1.63. The number of aromatic hydroxyl groups is 1. The summed E-state index contributed by atoms with van der Waals surface area (Å²) in [5.74, 6) is 0.536. The molecule has 0 saturated heterocycles. The molecule has 0 amide bonds. The average molecular weight is 464 g/mol. The molecule has 33 heavy (non-hydrogen) atoms. The average Bonchev–Trinajstić information content (AvgIpc) is 3.27. The van der Waals surface area contributed by atoms with E-state index in [2.05, 4.69) is 22.2 Å². The molecule has 0 spiro atoms. The Hall–Kier alpha value is -3.52. The zero-order valence-corrected chi connectivity index (χ0v) is 19.3. The number of nitrogens with zero attached hydrogens (tertiary/aromatic N) is 3. The predicted octanol–water partition coefficient (Wildman–Crippen LogP) is 5.15. The van der Waals surface area contributed by atoms with E-state index in [-0.39, 0.29) is 11.8 Å². The van der Waals surface area contributed by atoms with E-state index in [1.54, 1.807) is 38.2 Å². The zero-order valence-electron chi connectivity index (χ0n) is 18.5. The quantitative estimate of drug-likeness (QED) is 0.344. The van der Waals surface area contributed by atoms with Gasteiger partial charge in [-0.1, -0.05) is 36.0 Å². The van der Waals surface area contributed by atoms with Gasteiger partial charge in [-0.05, 0) is 49.6 Å². The number of carbonyl (C=O) groups is 1. The number of rotatable bonds is 9. The Bertz CT molecular complexity index is 1260. The molecule has 7 nitrogen and oxygen atoms in total. The van der Waals surface area contributed by atoms with Crippen molar-refractivity contribution < 1.29 is 19.4 Å². The normalized spacial score (nSPS) is 11.0. The third-order valence-corrected chi connectivity index (χ3v) is 6.22. The first kappa shape index (κ1) is 22.7. The molecule has 0 bridgehead atoms. The number of ether oxygens (including phenoxy) is 2. The van der Waals surface area contributed by atoms with Crippen LogP contribution in [0.2, 0.25) is 0 Å². The van der Waals surface area contributed by atoms with Gasteiger partial charge >= 0.3 is 5.97 Å². The van der Waals surface area contributed by atoms with Gasteiger partial charge in [0.2, 0.25) is 5.88 Å². The first-order valence-corrected chi connectivity index (χ1v) is 11.5. The second-order valence-electron chi connectivity index (χ2n) is 7.34. The maximum Gasteiger partial charge on any atom is 0.305 e. The Morgan fingerprint density at radius 3 is 2.73 bits per heavy atom. The van der Waals surface area contributed by atoms with Crippen molar-refractivity contribution in [2.24, 2.45) is 0 Å². The maximum atomic E-state index is 11.5. The maximum absolute atomic E-state index is 11.5. The molecule has 170 valence electrons. The number of carbonyl (C=O) groups excluding carboxylic acids is 1. The summed E-state index contributed by atoms with van der Waals surface area (Å²) in [7, 11) is 1.65. The lowest BCUT2D eigenvalue weighted by atomic mass is 10.1. The Kier molecular flexibility index (Phi) is 7.14. The van der Waals surface area contributed by atoms with Gasteiger partial charge in [0.15, 0.2) is 5.65 Å². The lowest BCUT2D eigenvalue weighted by Crippen LogP contribution is -2.04. The van der Waals surface area contributed by atoms with E-state index in [9.17, 15) is 9.90 Å². The van der Waals surface area contributed by atoms with Crippen LogP contribution >= 0.6 is 11.8 Å². The molecule has 0 unspecified atom stereocenters. The van der Waals surface area contributed by atoms with Crippen LogP contribution in [0.1, 0.15) is 25.3 Å². The van der Waals surface area contributed by atoms with Crippen LogP contribution < -0.4 is 4.74 Å². The van der Waals surface area contributed by atoms with Crippen LogP contribution in [-0.4, -0.2) is 39.4 Å². The van der Waals surface area contributed by atoms with Crippen molar-refractivity contribution in [3.8, 4) is 22.8 Å². The summed E-state index contributed by atoms with van der Waals surface area (Å²) in [5.41, 5.74) is 2.86. The number of fused-ring (bicyclic) bond motifs is 1. The molecule has 2 aromatic heterocycles. The van der Waals surface area contributed by atoms with Crippen LogP contribution in [0.5, 0.6) is 11.6 Å². The van der Waals surface area contributed by atoms with Crippen molar-refractivity contribution in [1.29, 1.82) is 0 Å². The van der Waals surface area contributed by atoms with Crippen LogP contribution in [0.15, 0.2) is 70.7 Å². The van der Waals surface area contributed by atoms with Crippen molar-refractivity contribution in [3.63, 3.8) is 0 Å². The molecule has 0 saturated carbocycles. The summed E-state index contributed by atoms with van der Waals surface area (Å²) < 4.78 is 12.0. The van der Waals surface area contributed by atoms with Crippen molar-refractivity contribution in [2.45, 2.75) is 36.0 Å². The molecule has 2 aromatic carbocycles. The fraction of sp³-hybridized carbons (Fsp3) is 0.240. The number of aromatic nitrogens is 3. The van der Waals surface area contributed by atoms with Crippen LogP contribution in [0.3, 0.4) is 0 Å². The zero-order chi connectivity index (χ0) is 23.2. The van der Waals surface area contributed by atoms with E-state index in [4.69, 9.17) is 9.47 Å². The molecule has 0 fully saturated rings. The smallest absolute Gasteiger partial charge is 0.305 e. The fourth-order valence-electron chi connectivity index (χ4n) is 3.53. The second-order valence-corrected chi connectivity index (χ2v) is 8.46. The first-order chi connectivity index (χ1) is 16.1. The molecule has 0 aliphatic rings. The van der Waals surface area contributed by atoms with Gasteiger partial charge < -0.3 is 14.6 Å². The molecule has 0 aliphatic heterocycles. The van der Waals surface area contributed by atoms with Gasteiger partial charge in [-0.25, -0.2) is 4.98 Å². The van der Waals surface area contributed by atoms with Gasteiger partial charge in [-0.2, -0.15) is 9.61 Å². The van der Waals surface area contributed by atoms with Gasteiger partial charge in [-0.15, -0.1) is 0 Å². The minimum Gasteiger partial charge on any atom is -0.496 e. The van der Waals surface area contributed by atoms with E-state index in [1.165, 1.54) is 4.52 Å². The highest BCUT2D eigenvalue weighted by Gasteiger charge is 2.16. The van der Waals surface area contributed by atoms with Gasteiger partial charge in [0.05, 0.1) is 24.8 Å². The summed E-state index contributed by atoms with van der Waals surface area (Å²) in [6.45, 7) is 2.15. The van der Waals surface area contributed by atoms with E-state index in [1.807, 2.05) is 36.4 Å². The summed E-state index contributed by atoms with van der Waals surface area (Å²) in [6.07, 6.45) is 4.68. The number of hydrogen-bond donors (Lipinski definition) is 1. The van der Waals surface area contributed by atoms with Crippen LogP contribution in [0.4, 0.5) is 0 Å². The van der Waals surface area contributed by atoms with E-state index >= 15 is 0 Å². The molecule has 2 heterocycles. The number of esters is 1. The minimum atomic E-state index is -0.241. The largest absolute Gasteiger partial charge is 0.496 e. The Balaban J connectivity index is 1.57. The molecule has 4 rings (SSSR count). The lowest BCUT2D eigenvalue weighted by molar-refractivity contribution is -0.143. The van der Waals surface area contributed by atoms with Crippen LogP contribution in [0, 0.1) is 0 Å². The number of hydrogen-bond acceptors (Lipinski definition) is 7. The molecule has 0 radical (unpaired) electrons. The third kappa shape index (κ3) is 5.12. The highest BCUT2D eigenvalue weighted by Crippen LogP contribution is 2.38. The van der Waals surface area contributed by atoms with E-state index in [0.717, 1.165) is 26.7 Å². The van der Waals surface area contributed by atoms with Crippen molar-refractivity contribution in [2.75, 3.05) is 13.7 Å². The van der Waals surface area contributed by atoms with Gasteiger partial charge in [0.25, 0.3) is 0 Å². The van der Waals surface area contributed by atoms with Crippen molar-refractivity contribution in [3.05, 3.63) is 66.5 Å². The van der Waals surface area contributed by atoms with Gasteiger partial charge in [0.1, 0.15) is 5.75 Å². The third-order valence-electron chi connectivity index (χ3n) is 5.15.